The number of primary sulfonamides is 1. The number of aryl methyl sites for hydroxylation is 1. The van der Waals surface area contributed by atoms with Gasteiger partial charge in [0.15, 0.2) is 0 Å². The van der Waals surface area contributed by atoms with Crippen LogP contribution in [-0.2, 0) is 10.0 Å². The molecular formula is C24H23N3O4S. The Morgan fingerprint density at radius 2 is 1.59 bits per heavy atom. The van der Waals surface area contributed by atoms with E-state index in [1.165, 1.54) is 18.2 Å². The predicted octanol–water partition coefficient (Wildman–Crippen LogP) is 3.45. The van der Waals surface area contributed by atoms with E-state index in [2.05, 4.69) is 10.6 Å². The summed E-state index contributed by atoms with van der Waals surface area (Å²) in [4.78, 5) is 24.9. The fraction of sp³-hybridized carbons (Fsp3) is 0.167. The number of hydrogen-bond acceptors (Lipinski definition) is 4. The predicted molar refractivity (Wildman–Crippen MR) is 123 cm³/mol. The van der Waals surface area contributed by atoms with E-state index < -0.39 is 10.0 Å². The number of carbonyl (C=O) groups excluding carboxylic acids is 2. The monoisotopic (exact) mass is 449 g/mol. The Morgan fingerprint density at radius 1 is 0.906 bits per heavy atom. The van der Waals surface area contributed by atoms with E-state index in [1.54, 1.807) is 18.2 Å². The minimum Gasteiger partial charge on any atom is -0.349 e. The van der Waals surface area contributed by atoms with Crippen LogP contribution in [0.2, 0.25) is 0 Å². The maximum absolute atomic E-state index is 12.6. The van der Waals surface area contributed by atoms with Crippen LogP contribution in [0, 0.1) is 6.92 Å². The highest BCUT2D eigenvalue weighted by molar-refractivity contribution is 7.89. The lowest BCUT2D eigenvalue weighted by atomic mass is 9.97. The molecule has 4 rings (SSSR count). The van der Waals surface area contributed by atoms with Gasteiger partial charge in [0.1, 0.15) is 0 Å². The third kappa shape index (κ3) is 5.04. The normalized spacial score (nSPS) is 13.4. The van der Waals surface area contributed by atoms with Gasteiger partial charge in [-0.3, -0.25) is 9.59 Å². The first-order valence-electron chi connectivity index (χ1n) is 10.2. The minimum absolute atomic E-state index is 0.0771. The Balaban J connectivity index is 1.52. The second-order valence-corrected chi connectivity index (χ2v) is 9.44. The molecule has 7 nitrogen and oxygen atoms in total. The Morgan fingerprint density at radius 3 is 2.25 bits per heavy atom. The van der Waals surface area contributed by atoms with Crippen LogP contribution >= 0.6 is 0 Å². The molecule has 3 aromatic rings. The molecule has 164 valence electrons. The summed E-state index contributed by atoms with van der Waals surface area (Å²) in [7, 11) is -3.86. The summed E-state index contributed by atoms with van der Waals surface area (Å²) < 4.78 is 23.0. The molecule has 0 bridgehead atoms. The van der Waals surface area contributed by atoms with Gasteiger partial charge in [-0.2, -0.15) is 0 Å². The summed E-state index contributed by atoms with van der Waals surface area (Å²) >= 11 is 0. The van der Waals surface area contributed by atoms with Gasteiger partial charge in [-0.1, -0.05) is 24.3 Å². The van der Waals surface area contributed by atoms with Crippen LogP contribution in [0.25, 0.3) is 11.1 Å². The number of amides is 2. The molecule has 4 N–H and O–H groups in total. The van der Waals surface area contributed by atoms with Crippen LogP contribution in [0.3, 0.4) is 0 Å². The summed E-state index contributed by atoms with van der Waals surface area (Å²) in [6.45, 7) is 1.97. The topological polar surface area (TPSA) is 118 Å². The molecule has 8 heteroatoms. The smallest absolute Gasteiger partial charge is 0.255 e. The van der Waals surface area contributed by atoms with E-state index in [1.807, 2.05) is 37.3 Å². The molecule has 3 aromatic carbocycles. The van der Waals surface area contributed by atoms with Crippen LogP contribution in [0.1, 0.15) is 39.1 Å². The molecule has 0 spiro atoms. The van der Waals surface area contributed by atoms with Crippen molar-refractivity contribution in [2.45, 2.75) is 30.7 Å². The average Bonchev–Trinajstić information content (AvgIpc) is 3.58. The van der Waals surface area contributed by atoms with Crippen LogP contribution < -0.4 is 15.8 Å². The van der Waals surface area contributed by atoms with E-state index >= 15 is 0 Å². The van der Waals surface area contributed by atoms with Crippen LogP contribution in [0.4, 0.5) is 5.69 Å². The van der Waals surface area contributed by atoms with Crippen molar-refractivity contribution in [3.8, 4) is 11.1 Å². The van der Waals surface area contributed by atoms with Crippen LogP contribution in [-0.4, -0.2) is 26.3 Å². The second kappa shape index (κ2) is 8.57. The quantitative estimate of drug-likeness (QED) is 0.534. The van der Waals surface area contributed by atoms with Gasteiger partial charge in [0, 0.05) is 22.9 Å². The van der Waals surface area contributed by atoms with Crippen molar-refractivity contribution < 1.29 is 18.0 Å². The van der Waals surface area contributed by atoms with Gasteiger partial charge in [-0.15, -0.1) is 0 Å². The lowest BCUT2D eigenvalue weighted by Gasteiger charge is -2.11. The molecule has 0 saturated heterocycles. The summed E-state index contributed by atoms with van der Waals surface area (Å²) in [5, 5.41) is 10.8. The highest BCUT2D eigenvalue weighted by Gasteiger charge is 2.24. The van der Waals surface area contributed by atoms with Gasteiger partial charge in [0.25, 0.3) is 11.8 Å². The second-order valence-electron chi connectivity index (χ2n) is 7.88. The molecule has 0 heterocycles. The number of rotatable bonds is 6. The van der Waals surface area contributed by atoms with Gasteiger partial charge < -0.3 is 10.6 Å². The molecule has 1 saturated carbocycles. The van der Waals surface area contributed by atoms with Gasteiger partial charge in [-0.05, 0) is 78.9 Å². The number of hydrogen-bond donors (Lipinski definition) is 3. The number of nitrogens with one attached hydrogen (secondary N) is 2. The molecule has 1 aliphatic carbocycles. The molecule has 1 aliphatic rings. The van der Waals surface area contributed by atoms with Crippen LogP contribution in [0.15, 0.2) is 71.6 Å². The molecule has 0 unspecified atom stereocenters. The molecule has 0 radical (unpaired) electrons. The van der Waals surface area contributed by atoms with Gasteiger partial charge >= 0.3 is 0 Å². The van der Waals surface area contributed by atoms with E-state index in [9.17, 15) is 18.0 Å². The summed E-state index contributed by atoms with van der Waals surface area (Å²) in [5.74, 6) is -0.455. The molecular weight excluding hydrogens is 426 g/mol. The first-order chi connectivity index (χ1) is 15.2. The Bertz CT molecular complexity index is 1300. The van der Waals surface area contributed by atoms with E-state index in [0.29, 0.717) is 16.8 Å². The zero-order chi connectivity index (χ0) is 22.9. The van der Waals surface area contributed by atoms with Gasteiger partial charge in [0.2, 0.25) is 10.0 Å². The third-order valence-corrected chi connectivity index (χ3v) is 6.20. The fourth-order valence-electron chi connectivity index (χ4n) is 3.33. The molecule has 32 heavy (non-hydrogen) atoms. The van der Waals surface area contributed by atoms with Crippen molar-refractivity contribution in [2.24, 2.45) is 5.14 Å². The van der Waals surface area contributed by atoms with Crippen molar-refractivity contribution in [3.63, 3.8) is 0 Å². The molecule has 0 aliphatic heterocycles. The van der Waals surface area contributed by atoms with Crippen molar-refractivity contribution in [1.82, 2.24) is 5.32 Å². The van der Waals surface area contributed by atoms with Crippen molar-refractivity contribution in [3.05, 3.63) is 83.4 Å². The molecule has 0 atom stereocenters. The van der Waals surface area contributed by atoms with Crippen molar-refractivity contribution >= 4 is 27.5 Å². The Labute approximate surface area is 186 Å². The molecule has 1 fully saturated rings. The standard InChI is InChI=1S/C24H23N3O4S/c1-15-5-6-18(24(29)26-19-11-12-19)13-22(15)16-7-9-17(10-8-16)23(28)27-20-3-2-4-21(14-20)32(25,30)31/h2-10,13-14,19H,11-12H2,1H3,(H,26,29)(H,27,28)(H2,25,30,31). The molecule has 2 amide bonds. The Kier molecular flexibility index (Phi) is 5.82. The number of sulfonamides is 1. The Hall–Kier alpha value is -3.49. The number of carbonyl (C=O) groups is 2. The first-order valence-corrected chi connectivity index (χ1v) is 11.7. The number of benzene rings is 3. The minimum atomic E-state index is -3.86. The SMILES string of the molecule is Cc1ccc(C(=O)NC2CC2)cc1-c1ccc(C(=O)Nc2cccc(S(N)(=O)=O)c2)cc1. The van der Waals surface area contributed by atoms with E-state index in [4.69, 9.17) is 5.14 Å². The van der Waals surface area contributed by atoms with E-state index in [0.717, 1.165) is 29.5 Å². The van der Waals surface area contributed by atoms with Crippen molar-refractivity contribution in [1.29, 1.82) is 0 Å². The summed E-state index contributed by atoms with van der Waals surface area (Å²) in [5.41, 5.74) is 4.17. The highest BCUT2D eigenvalue weighted by atomic mass is 32.2. The zero-order valence-electron chi connectivity index (χ0n) is 17.5. The lowest BCUT2D eigenvalue weighted by Crippen LogP contribution is -2.25. The maximum atomic E-state index is 12.6. The average molecular weight is 450 g/mol. The third-order valence-electron chi connectivity index (χ3n) is 5.29. The maximum Gasteiger partial charge on any atom is 0.255 e. The number of nitrogens with two attached hydrogens (primary N) is 1. The van der Waals surface area contributed by atoms with Crippen LogP contribution in [0.5, 0.6) is 0 Å². The zero-order valence-corrected chi connectivity index (χ0v) is 18.3. The van der Waals surface area contributed by atoms with Gasteiger partial charge in [0.05, 0.1) is 4.90 Å². The first kappa shape index (κ1) is 21.7. The number of anilines is 1. The van der Waals surface area contributed by atoms with E-state index in [-0.39, 0.29) is 22.8 Å². The fourth-order valence-corrected chi connectivity index (χ4v) is 3.89. The van der Waals surface area contributed by atoms with Crippen molar-refractivity contribution in [2.75, 3.05) is 5.32 Å². The lowest BCUT2D eigenvalue weighted by molar-refractivity contribution is 0.0950. The molecule has 0 aromatic heterocycles. The summed E-state index contributed by atoms with van der Waals surface area (Å²) in [6.07, 6.45) is 2.06. The summed E-state index contributed by atoms with van der Waals surface area (Å²) in [6, 6.07) is 18.7. The largest absolute Gasteiger partial charge is 0.349 e. The highest BCUT2D eigenvalue weighted by Crippen LogP contribution is 2.26. The van der Waals surface area contributed by atoms with Gasteiger partial charge in [-0.25, -0.2) is 13.6 Å².